The lowest BCUT2D eigenvalue weighted by Gasteiger charge is -2.41. The fourth-order valence-corrected chi connectivity index (χ4v) is 3.70. The van der Waals surface area contributed by atoms with E-state index in [1.54, 1.807) is 0 Å². The highest BCUT2D eigenvalue weighted by atomic mass is 16.5. The van der Waals surface area contributed by atoms with Gasteiger partial charge in [-0.25, -0.2) is 0 Å². The molecule has 0 aromatic carbocycles. The first kappa shape index (κ1) is 11.5. The fraction of sp³-hybridized carbons (Fsp3) is 0.923. The molecule has 4 heteroatoms. The second-order valence-electron chi connectivity index (χ2n) is 5.91. The van der Waals surface area contributed by atoms with Gasteiger partial charge in [0.2, 0.25) is 0 Å². The molecule has 1 N–H and O–H groups in total. The molecule has 3 aliphatic rings. The minimum Gasteiger partial charge on any atom is -0.393 e. The molecule has 17 heavy (non-hydrogen) atoms. The summed E-state index contributed by atoms with van der Waals surface area (Å²) in [6, 6.07) is 0.495. The number of carbonyl (C=O) groups excluding carboxylic acids is 1. The van der Waals surface area contributed by atoms with Gasteiger partial charge in [-0.3, -0.25) is 4.79 Å². The third-order valence-corrected chi connectivity index (χ3v) is 4.61. The lowest BCUT2D eigenvalue weighted by atomic mass is 9.94. The number of hydrogen-bond donors (Lipinski definition) is 1. The first-order valence-electron chi connectivity index (χ1n) is 6.75. The molecule has 0 aromatic rings. The first-order valence-corrected chi connectivity index (χ1v) is 6.75. The Balaban J connectivity index is 1.78. The molecule has 0 radical (unpaired) electrons. The zero-order chi connectivity index (χ0) is 12.0. The maximum Gasteiger partial charge on any atom is 0.255 e. The monoisotopic (exact) mass is 239 g/mol. The van der Waals surface area contributed by atoms with Crippen LogP contribution in [0.15, 0.2) is 0 Å². The van der Waals surface area contributed by atoms with Crippen LogP contribution in [0.5, 0.6) is 0 Å². The normalized spacial score (nSPS) is 45.3. The molecule has 0 spiro atoms. The molecule has 3 aliphatic heterocycles. The first-order chi connectivity index (χ1) is 8.10. The molecule has 3 heterocycles. The zero-order valence-corrected chi connectivity index (χ0v) is 10.4. The summed E-state index contributed by atoms with van der Waals surface area (Å²) in [5.41, 5.74) is -0.594. The van der Waals surface area contributed by atoms with E-state index in [2.05, 4.69) is 0 Å². The van der Waals surface area contributed by atoms with E-state index >= 15 is 0 Å². The highest BCUT2D eigenvalue weighted by molar-refractivity contribution is 5.86. The number of amides is 1. The van der Waals surface area contributed by atoms with Crippen molar-refractivity contribution in [3.8, 4) is 0 Å². The molecule has 3 fully saturated rings. The number of ether oxygens (including phenoxy) is 1. The highest BCUT2D eigenvalue weighted by Gasteiger charge is 2.49. The summed E-state index contributed by atoms with van der Waals surface area (Å²) in [6.45, 7) is 2.63. The van der Waals surface area contributed by atoms with Crippen LogP contribution in [-0.2, 0) is 9.53 Å². The van der Waals surface area contributed by atoms with Crippen LogP contribution in [0.3, 0.4) is 0 Å². The van der Waals surface area contributed by atoms with Crippen LogP contribution in [0, 0.1) is 0 Å². The molecule has 0 aliphatic carbocycles. The molecule has 3 rings (SSSR count). The number of fused-ring (bicyclic) bond motifs is 2. The molecule has 3 unspecified atom stereocenters. The van der Waals surface area contributed by atoms with Gasteiger partial charge in [-0.15, -0.1) is 0 Å². The van der Waals surface area contributed by atoms with Crippen LogP contribution in [0.25, 0.3) is 0 Å². The maximum absolute atomic E-state index is 12.6. The van der Waals surface area contributed by atoms with Gasteiger partial charge >= 0.3 is 0 Å². The predicted octanol–water partition coefficient (Wildman–Crippen LogP) is 1.07. The fourth-order valence-electron chi connectivity index (χ4n) is 3.70. The van der Waals surface area contributed by atoms with Crippen molar-refractivity contribution in [3.05, 3.63) is 0 Å². The van der Waals surface area contributed by atoms with Gasteiger partial charge in [0.05, 0.1) is 6.10 Å². The van der Waals surface area contributed by atoms with E-state index in [0.717, 1.165) is 38.5 Å². The quantitative estimate of drug-likeness (QED) is 0.744. The SMILES string of the molecule is CC1(C(=O)N2C3CCC2CC(O)C3)CCCO1. The highest BCUT2D eigenvalue weighted by Crippen LogP contribution is 2.39. The van der Waals surface area contributed by atoms with E-state index in [4.69, 9.17) is 4.74 Å². The number of aliphatic hydroxyl groups is 1. The lowest BCUT2D eigenvalue weighted by Crippen LogP contribution is -2.55. The number of piperidine rings is 1. The molecule has 3 atom stereocenters. The minimum absolute atomic E-state index is 0.161. The Hall–Kier alpha value is -0.610. The van der Waals surface area contributed by atoms with Crippen molar-refractivity contribution in [2.24, 2.45) is 0 Å². The van der Waals surface area contributed by atoms with E-state index in [1.807, 2.05) is 11.8 Å². The molecule has 0 saturated carbocycles. The molecule has 4 nitrogen and oxygen atoms in total. The van der Waals surface area contributed by atoms with Gasteiger partial charge in [-0.1, -0.05) is 0 Å². The Labute approximate surface area is 102 Å². The van der Waals surface area contributed by atoms with Crippen molar-refractivity contribution < 1.29 is 14.6 Å². The minimum atomic E-state index is -0.594. The topological polar surface area (TPSA) is 49.8 Å². The third-order valence-electron chi connectivity index (χ3n) is 4.61. The summed E-state index contributed by atoms with van der Waals surface area (Å²) in [6.07, 6.45) is 5.19. The second kappa shape index (κ2) is 3.95. The van der Waals surface area contributed by atoms with E-state index in [-0.39, 0.29) is 24.1 Å². The number of rotatable bonds is 1. The summed E-state index contributed by atoms with van der Waals surface area (Å²) >= 11 is 0. The summed E-state index contributed by atoms with van der Waals surface area (Å²) in [5, 5.41) is 9.75. The van der Waals surface area contributed by atoms with Crippen molar-refractivity contribution in [1.82, 2.24) is 4.90 Å². The van der Waals surface area contributed by atoms with Gasteiger partial charge < -0.3 is 14.7 Å². The smallest absolute Gasteiger partial charge is 0.255 e. The van der Waals surface area contributed by atoms with Crippen molar-refractivity contribution in [2.45, 2.75) is 69.2 Å². The standard InChI is InChI=1S/C13H21NO3/c1-13(5-2-6-17-13)12(16)14-9-3-4-10(14)8-11(15)7-9/h9-11,15H,2-8H2,1H3. The van der Waals surface area contributed by atoms with Crippen molar-refractivity contribution in [1.29, 1.82) is 0 Å². The predicted molar refractivity (Wildman–Crippen MR) is 62.5 cm³/mol. The molecular formula is C13H21NO3. The molecule has 2 bridgehead atoms. The van der Waals surface area contributed by atoms with Gasteiger partial charge in [0.15, 0.2) is 0 Å². The Bertz CT molecular complexity index is 311. The van der Waals surface area contributed by atoms with Crippen LogP contribution in [0.1, 0.15) is 45.4 Å². The molecule has 3 saturated heterocycles. The molecule has 0 aromatic heterocycles. The largest absolute Gasteiger partial charge is 0.393 e. The maximum atomic E-state index is 12.6. The summed E-state index contributed by atoms with van der Waals surface area (Å²) in [7, 11) is 0. The number of nitrogens with zero attached hydrogens (tertiary/aromatic N) is 1. The van der Waals surface area contributed by atoms with Gasteiger partial charge in [0, 0.05) is 18.7 Å². The van der Waals surface area contributed by atoms with Crippen LogP contribution in [0.4, 0.5) is 0 Å². The van der Waals surface area contributed by atoms with E-state index in [9.17, 15) is 9.90 Å². The average Bonchev–Trinajstić information content (AvgIpc) is 2.82. The molecular weight excluding hydrogens is 218 g/mol. The molecule has 1 amide bonds. The van der Waals surface area contributed by atoms with Crippen molar-refractivity contribution in [3.63, 3.8) is 0 Å². The van der Waals surface area contributed by atoms with Crippen LogP contribution >= 0.6 is 0 Å². The van der Waals surface area contributed by atoms with E-state index in [1.165, 1.54) is 0 Å². The van der Waals surface area contributed by atoms with Crippen LogP contribution in [0.2, 0.25) is 0 Å². The van der Waals surface area contributed by atoms with E-state index in [0.29, 0.717) is 6.61 Å². The second-order valence-corrected chi connectivity index (χ2v) is 5.91. The summed E-state index contributed by atoms with van der Waals surface area (Å²) in [5.74, 6) is 0.161. The third kappa shape index (κ3) is 1.78. The van der Waals surface area contributed by atoms with Gasteiger partial charge in [0.1, 0.15) is 5.60 Å². The van der Waals surface area contributed by atoms with Crippen molar-refractivity contribution in [2.75, 3.05) is 6.61 Å². The van der Waals surface area contributed by atoms with Gasteiger partial charge in [-0.2, -0.15) is 0 Å². The van der Waals surface area contributed by atoms with Crippen LogP contribution in [-0.4, -0.2) is 46.3 Å². The summed E-state index contributed by atoms with van der Waals surface area (Å²) in [4.78, 5) is 14.6. The van der Waals surface area contributed by atoms with Crippen LogP contribution < -0.4 is 0 Å². The van der Waals surface area contributed by atoms with Gasteiger partial charge in [0.25, 0.3) is 5.91 Å². The van der Waals surface area contributed by atoms with Gasteiger partial charge in [-0.05, 0) is 45.4 Å². The Kier molecular flexibility index (Phi) is 2.67. The average molecular weight is 239 g/mol. The Morgan fingerprint density at radius 1 is 1.35 bits per heavy atom. The Morgan fingerprint density at radius 3 is 2.53 bits per heavy atom. The summed E-state index contributed by atoms with van der Waals surface area (Å²) < 4.78 is 5.65. The zero-order valence-electron chi connectivity index (χ0n) is 10.4. The number of carbonyl (C=O) groups is 1. The lowest BCUT2D eigenvalue weighted by molar-refractivity contribution is -0.157. The number of aliphatic hydroxyl groups excluding tert-OH is 1. The Morgan fingerprint density at radius 2 is 2.00 bits per heavy atom. The van der Waals surface area contributed by atoms with Crippen molar-refractivity contribution >= 4 is 5.91 Å². The van der Waals surface area contributed by atoms with E-state index < -0.39 is 5.60 Å². The number of hydrogen-bond acceptors (Lipinski definition) is 3. The molecule has 96 valence electrons.